The molecule has 19 heavy (non-hydrogen) atoms. The van der Waals surface area contributed by atoms with Crippen molar-refractivity contribution in [1.29, 1.82) is 0 Å². The second kappa shape index (κ2) is 4.97. The van der Waals surface area contributed by atoms with Gasteiger partial charge in [0, 0.05) is 18.0 Å². The minimum atomic E-state index is 0.420. The van der Waals surface area contributed by atoms with Crippen molar-refractivity contribution in [2.45, 2.75) is 6.54 Å². The van der Waals surface area contributed by atoms with Crippen LogP contribution in [0.5, 0.6) is 5.75 Å². The van der Waals surface area contributed by atoms with Gasteiger partial charge in [-0.1, -0.05) is 6.07 Å². The monoisotopic (exact) mass is 254 g/mol. The van der Waals surface area contributed by atoms with E-state index in [1.54, 1.807) is 12.3 Å². The third kappa shape index (κ3) is 2.65. The molecule has 0 fully saturated rings. The molecule has 2 heterocycles. The van der Waals surface area contributed by atoms with Crippen LogP contribution in [0.1, 0.15) is 5.69 Å². The third-order valence-electron chi connectivity index (χ3n) is 2.81. The first-order chi connectivity index (χ1) is 9.31. The number of pyridine rings is 1. The lowest BCUT2D eigenvalue weighted by Crippen LogP contribution is -2.26. The quantitative estimate of drug-likeness (QED) is 0.805. The van der Waals surface area contributed by atoms with E-state index in [0.717, 1.165) is 23.0 Å². The maximum absolute atomic E-state index is 5.70. The van der Waals surface area contributed by atoms with Gasteiger partial charge in [-0.05, 0) is 24.3 Å². The molecule has 1 aromatic carbocycles. The number of rotatable bonds is 2. The predicted molar refractivity (Wildman–Crippen MR) is 75.3 cm³/mol. The molecule has 0 aliphatic carbocycles. The largest absolute Gasteiger partial charge is 0.483 e. The maximum atomic E-state index is 5.70. The van der Waals surface area contributed by atoms with Crippen molar-refractivity contribution in [3.8, 4) is 5.75 Å². The standard InChI is InChI=1S/C14H14N4O/c15-10-4-5-12-13(7-10)19-9-14(18-12)17-8-11-3-1-2-6-16-11/h1-7H,8-9,15H2,(H,17,18). The maximum Gasteiger partial charge on any atom is 0.146 e. The van der Waals surface area contributed by atoms with Gasteiger partial charge in [-0.3, -0.25) is 9.98 Å². The van der Waals surface area contributed by atoms with E-state index in [1.807, 2.05) is 30.3 Å². The summed E-state index contributed by atoms with van der Waals surface area (Å²) in [7, 11) is 0. The third-order valence-corrected chi connectivity index (χ3v) is 2.81. The van der Waals surface area contributed by atoms with Crippen LogP contribution in [-0.2, 0) is 6.54 Å². The van der Waals surface area contributed by atoms with E-state index in [2.05, 4.69) is 15.3 Å². The zero-order valence-electron chi connectivity index (χ0n) is 10.3. The van der Waals surface area contributed by atoms with E-state index in [0.29, 0.717) is 18.8 Å². The zero-order chi connectivity index (χ0) is 13.1. The van der Waals surface area contributed by atoms with Crippen LogP contribution < -0.4 is 15.8 Å². The highest BCUT2D eigenvalue weighted by Crippen LogP contribution is 2.29. The van der Waals surface area contributed by atoms with Crippen LogP contribution in [0, 0.1) is 0 Å². The van der Waals surface area contributed by atoms with E-state index in [-0.39, 0.29) is 0 Å². The Labute approximate surface area is 111 Å². The average Bonchev–Trinajstić information content (AvgIpc) is 2.46. The molecule has 0 saturated heterocycles. The van der Waals surface area contributed by atoms with Crippen LogP contribution in [0.15, 0.2) is 47.6 Å². The van der Waals surface area contributed by atoms with Crippen LogP contribution >= 0.6 is 0 Å². The van der Waals surface area contributed by atoms with Gasteiger partial charge >= 0.3 is 0 Å². The molecule has 2 aromatic rings. The Bertz CT molecular complexity index is 610. The number of fused-ring (bicyclic) bond motifs is 1. The molecule has 5 nitrogen and oxygen atoms in total. The first kappa shape index (κ1) is 11.5. The second-order valence-electron chi connectivity index (χ2n) is 4.25. The van der Waals surface area contributed by atoms with Gasteiger partial charge in [-0.15, -0.1) is 0 Å². The van der Waals surface area contributed by atoms with E-state index < -0.39 is 0 Å². The Hall–Kier alpha value is -2.56. The molecule has 3 N–H and O–H groups in total. The number of aliphatic imine (C=N–C) groups is 1. The van der Waals surface area contributed by atoms with Crippen molar-refractivity contribution in [3.63, 3.8) is 0 Å². The molecule has 0 atom stereocenters. The molecule has 5 heteroatoms. The topological polar surface area (TPSA) is 72.5 Å². The zero-order valence-corrected chi connectivity index (χ0v) is 10.3. The van der Waals surface area contributed by atoms with Crippen LogP contribution in [0.4, 0.5) is 11.4 Å². The summed E-state index contributed by atoms with van der Waals surface area (Å²) in [6.07, 6.45) is 1.76. The molecule has 1 aliphatic rings. The number of nitrogens with zero attached hydrogens (tertiary/aromatic N) is 2. The van der Waals surface area contributed by atoms with Gasteiger partial charge in [0.2, 0.25) is 0 Å². The normalized spacial score (nSPS) is 15.5. The minimum absolute atomic E-state index is 0.420. The van der Waals surface area contributed by atoms with Gasteiger partial charge in [-0.2, -0.15) is 0 Å². The van der Waals surface area contributed by atoms with Crippen LogP contribution in [0.2, 0.25) is 0 Å². The lowest BCUT2D eigenvalue weighted by molar-refractivity contribution is 0.372. The lowest BCUT2D eigenvalue weighted by atomic mass is 10.2. The average molecular weight is 254 g/mol. The van der Waals surface area contributed by atoms with Gasteiger partial charge in [0.25, 0.3) is 0 Å². The highest BCUT2D eigenvalue weighted by molar-refractivity contribution is 5.99. The lowest BCUT2D eigenvalue weighted by Gasteiger charge is -2.21. The van der Waals surface area contributed by atoms with Crippen molar-refractivity contribution in [3.05, 3.63) is 48.3 Å². The summed E-state index contributed by atoms with van der Waals surface area (Å²) in [4.78, 5) is 8.69. The van der Waals surface area contributed by atoms with Gasteiger partial charge in [0.1, 0.15) is 18.2 Å². The fourth-order valence-electron chi connectivity index (χ4n) is 1.85. The number of anilines is 2. The van der Waals surface area contributed by atoms with E-state index in [4.69, 9.17) is 10.5 Å². The van der Waals surface area contributed by atoms with Crippen molar-refractivity contribution >= 4 is 17.2 Å². The Morgan fingerprint density at radius 2 is 2.26 bits per heavy atom. The highest BCUT2D eigenvalue weighted by atomic mass is 16.5. The number of nitrogen functional groups attached to an aromatic ring is 1. The number of ether oxygens (including phenoxy) is 1. The number of nitrogens with one attached hydrogen (secondary N) is 1. The summed E-state index contributed by atoms with van der Waals surface area (Å²) in [5, 5.41) is 3.24. The fraction of sp³-hybridized carbons (Fsp3) is 0.143. The summed E-state index contributed by atoms with van der Waals surface area (Å²) >= 11 is 0. The molecule has 0 radical (unpaired) electrons. The van der Waals surface area contributed by atoms with Gasteiger partial charge in [0.15, 0.2) is 0 Å². The summed E-state index contributed by atoms with van der Waals surface area (Å²) in [5.74, 6) is 1.56. The second-order valence-corrected chi connectivity index (χ2v) is 4.25. The van der Waals surface area contributed by atoms with Crippen molar-refractivity contribution in [2.75, 3.05) is 17.7 Å². The Balaban J connectivity index is 1.73. The summed E-state index contributed by atoms with van der Waals surface area (Å²) in [6, 6.07) is 11.3. The molecule has 1 aromatic heterocycles. The minimum Gasteiger partial charge on any atom is -0.483 e. The first-order valence-corrected chi connectivity index (χ1v) is 6.04. The van der Waals surface area contributed by atoms with Crippen LogP contribution in [0.25, 0.3) is 0 Å². The molecule has 96 valence electrons. The van der Waals surface area contributed by atoms with Gasteiger partial charge in [-0.25, -0.2) is 0 Å². The van der Waals surface area contributed by atoms with Gasteiger partial charge < -0.3 is 15.8 Å². The Morgan fingerprint density at radius 1 is 1.32 bits per heavy atom. The van der Waals surface area contributed by atoms with Crippen LogP contribution in [-0.4, -0.2) is 17.4 Å². The molecular weight excluding hydrogens is 240 g/mol. The van der Waals surface area contributed by atoms with E-state index in [1.165, 1.54) is 0 Å². The number of nitrogens with two attached hydrogens (primary N) is 1. The van der Waals surface area contributed by atoms with Crippen molar-refractivity contribution in [1.82, 2.24) is 4.98 Å². The number of aromatic nitrogens is 1. The van der Waals surface area contributed by atoms with E-state index >= 15 is 0 Å². The number of amidine groups is 1. The predicted octanol–water partition coefficient (Wildman–Crippen LogP) is 2.07. The molecule has 0 bridgehead atoms. The summed E-state index contributed by atoms with van der Waals surface area (Å²) in [6.45, 7) is 0.958. The number of hydrogen-bond donors (Lipinski definition) is 2. The molecule has 0 saturated carbocycles. The first-order valence-electron chi connectivity index (χ1n) is 6.04. The molecule has 0 amide bonds. The SMILES string of the molecule is Nc1ccc2c(c1)OCC(=NCc1ccccn1)N2. The number of hydrogen-bond acceptors (Lipinski definition) is 4. The highest BCUT2D eigenvalue weighted by Gasteiger charge is 2.14. The van der Waals surface area contributed by atoms with Gasteiger partial charge in [0.05, 0.1) is 17.9 Å². The van der Waals surface area contributed by atoms with E-state index in [9.17, 15) is 0 Å². The molecular formula is C14H14N4O. The van der Waals surface area contributed by atoms with Crippen molar-refractivity contribution < 1.29 is 4.74 Å². The Kier molecular flexibility index (Phi) is 3.02. The molecule has 3 rings (SSSR count). The molecule has 0 unspecified atom stereocenters. The summed E-state index contributed by atoms with van der Waals surface area (Å²) in [5.41, 5.74) is 8.21. The van der Waals surface area contributed by atoms with Crippen molar-refractivity contribution in [2.24, 2.45) is 4.99 Å². The summed E-state index contributed by atoms with van der Waals surface area (Å²) < 4.78 is 5.61. The smallest absolute Gasteiger partial charge is 0.146 e. The molecule has 0 spiro atoms. The van der Waals surface area contributed by atoms with Crippen LogP contribution in [0.3, 0.4) is 0 Å². The molecule has 1 aliphatic heterocycles. The number of benzene rings is 1. The fourth-order valence-corrected chi connectivity index (χ4v) is 1.85. The Morgan fingerprint density at radius 3 is 3.11 bits per heavy atom.